The van der Waals surface area contributed by atoms with Crippen LogP contribution in [0.2, 0.25) is 0 Å². The number of ether oxygens (including phenoxy) is 2. The number of hydrogen-bond acceptors (Lipinski definition) is 4. The number of fused-ring (bicyclic) bond motifs is 22. The summed E-state index contributed by atoms with van der Waals surface area (Å²) in [5.74, 6) is 3.14. The van der Waals surface area contributed by atoms with E-state index in [4.69, 9.17) is 9.47 Å². The van der Waals surface area contributed by atoms with Crippen LogP contribution in [0.5, 0.6) is 23.0 Å². The van der Waals surface area contributed by atoms with Crippen LogP contribution in [0.1, 0.15) is 132 Å². The maximum absolute atomic E-state index is 7.58. The Hall–Kier alpha value is -11.3. The van der Waals surface area contributed by atoms with Gasteiger partial charge in [-0.1, -0.05) is 249 Å². The largest absolute Gasteiger partial charge is 0.456 e. The average Bonchev–Trinajstić information content (AvgIpc) is 1.10. The fraction of sp³-hybridized carbons (Fsp3) is 0.204. The Kier molecular flexibility index (Phi) is 13.9. The number of anilines is 6. The number of rotatable bonds is 2. The summed E-state index contributed by atoms with van der Waals surface area (Å²) < 4.78 is 20.3. The maximum atomic E-state index is 7.58. The van der Waals surface area contributed by atoms with Crippen LogP contribution in [-0.2, 0) is 27.1 Å². The molecule has 0 saturated carbocycles. The smallest absolute Gasteiger partial charge is 0.252 e. The monoisotopic (exact) mass is 1360 g/mol. The van der Waals surface area contributed by atoms with Gasteiger partial charge in [-0.2, -0.15) is 0 Å². The minimum Gasteiger partial charge on any atom is -0.456 e. The van der Waals surface area contributed by atoms with Gasteiger partial charge >= 0.3 is 0 Å². The summed E-state index contributed by atoms with van der Waals surface area (Å²) in [4.78, 5) is 5.38. The summed E-state index contributed by atoms with van der Waals surface area (Å²) in [6.45, 7) is 34.8. The highest BCUT2D eigenvalue weighted by Gasteiger charge is 2.49. The molecule has 0 saturated heterocycles. The predicted molar refractivity (Wildman–Crippen MR) is 445 cm³/mol. The Morgan fingerprint density at radius 1 is 0.248 bits per heavy atom. The Morgan fingerprint density at radius 3 is 0.857 bits per heavy atom. The van der Waals surface area contributed by atoms with Crippen molar-refractivity contribution in [3.05, 3.63) is 283 Å². The van der Waals surface area contributed by atoms with Crippen molar-refractivity contribution in [2.24, 2.45) is 0 Å². The number of hydrogen-bond donors (Lipinski definition) is 0. The highest BCUT2D eigenvalue weighted by Crippen LogP contribution is 2.59. The van der Waals surface area contributed by atoms with E-state index in [0.717, 1.165) is 135 Å². The van der Waals surface area contributed by atoms with E-state index in [9.17, 15) is 0 Å². The molecule has 0 bridgehead atoms. The molecule has 0 atom stereocenters. The van der Waals surface area contributed by atoms with Gasteiger partial charge in [0.1, 0.15) is 23.0 Å². The molecular weight excluding hydrogens is 1280 g/mol. The van der Waals surface area contributed by atoms with Crippen molar-refractivity contribution >= 4 is 101 Å². The van der Waals surface area contributed by atoms with Crippen LogP contribution in [0.3, 0.4) is 0 Å². The van der Waals surface area contributed by atoms with E-state index in [1.807, 2.05) is 0 Å². The molecule has 15 aromatic rings. The van der Waals surface area contributed by atoms with Gasteiger partial charge in [-0.25, -0.2) is 0 Å². The van der Waals surface area contributed by atoms with E-state index in [2.05, 4.69) is 378 Å². The van der Waals surface area contributed by atoms with Gasteiger partial charge in [0.2, 0.25) is 0 Å². The molecule has 0 spiro atoms. The van der Waals surface area contributed by atoms with Crippen molar-refractivity contribution in [1.29, 1.82) is 0 Å². The lowest BCUT2D eigenvalue weighted by atomic mass is 9.33. The molecular formula is C98H87BN4O2. The summed E-state index contributed by atoms with van der Waals surface area (Å²) >= 11 is 0. The first-order chi connectivity index (χ1) is 50.3. The van der Waals surface area contributed by atoms with Gasteiger partial charge in [0.15, 0.2) is 0 Å². The summed E-state index contributed by atoms with van der Waals surface area (Å²) in [6.07, 6.45) is 0. The molecule has 7 heteroatoms. The minimum atomic E-state index is -0.341. The fourth-order valence-electron chi connectivity index (χ4n) is 17.5. The zero-order valence-electron chi connectivity index (χ0n) is 62.9. The van der Waals surface area contributed by atoms with E-state index in [1.54, 1.807) is 0 Å². The van der Waals surface area contributed by atoms with Crippen LogP contribution in [0, 0.1) is 0 Å². The molecule has 0 amide bonds. The summed E-state index contributed by atoms with van der Waals surface area (Å²) in [6, 6.07) is 97.1. The second kappa shape index (κ2) is 22.6. The molecule has 0 fully saturated rings. The fourth-order valence-corrected chi connectivity index (χ4v) is 17.5. The summed E-state index contributed by atoms with van der Waals surface area (Å²) in [7, 11) is 0. The van der Waals surface area contributed by atoms with Gasteiger partial charge in [-0.05, 0) is 180 Å². The molecule has 4 aliphatic rings. The SMILES string of the molecule is CC(C)(C)c1cc2c3c(c1)N1c4ccccc4-c4ccccc4Oc4ccccc4-c4c(-n5c6ccc(C(C)(C)C)cc6c6cc(C(C)(C)C)ccc65)ccc(c41)B3c1ccc(-n3c4ccc(C(C)(C)C)cc4c4cc(C(C)(C)C)ccc43)c3c1N2c1ccccc1-c1ccccc1Oc1ccccc1-3. The highest BCUT2D eigenvalue weighted by atomic mass is 16.5. The zero-order valence-corrected chi connectivity index (χ0v) is 62.9. The standard InChI is InChI=1S/C98H87BN4O2/c1-94(2,3)58-40-46-77-69(52-58)70-53-59(95(4,5)6)41-47-78(70)100(77)81-50-44-73-92-89(81)67-32-20-26-38-87(67)104-85-36-24-18-30-65(85)63-28-16-22-34-75(63)102(92)83-56-62(98(13,14)15)57-84-91(83)99(73)74-45-51-82(101-79-48-42-60(96(7,8)9)54-71(79)72-55-61(97(10,11)12)43-49-80(72)101)90-68-33-21-27-39-88(68)105-86-37-25-19-31-66(86)64-29-17-23-35-76(64)103(84)93(74)90/h16-57H,1-15H3. The Bertz CT molecular complexity index is 5710. The minimum absolute atomic E-state index is 0.0888. The second-order valence-electron chi connectivity index (χ2n) is 34.9. The molecule has 0 N–H and O–H groups in total. The van der Waals surface area contributed by atoms with Gasteiger partial charge in [-0.15, -0.1) is 0 Å². The molecule has 6 heterocycles. The van der Waals surface area contributed by atoms with Crippen LogP contribution in [-0.4, -0.2) is 15.8 Å². The van der Waals surface area contributed by atoms with E-state index < -0.39 is 0 Å². The van der Waals surface area contributed by atoms with Gasteiger partial charge < -0.3 is 28.4 Å². The normalized spacial score (nSPS) is 13.8. The molecule has 4 aliphatic heterocycles. The molecule has 105 heavy (non-hydrogen) atoms. The Morgan fingerprint density at radius 2 is 0.533 bits per heavy atom. The first-order valence-corrected chi connectivity index (χ1v) is 37.5. The average molecular weight is 1360 g/mol. The number of benzene rings is 13. The lowest BCUT2D eigenvalue weighted by Crippen LogP contribution is -2.62. The molecule has 6 nitrogen and oxygen atoms in total. The van der Waals surface area contributed by atoms with Gasteiger partial charge in [0.05, 0.1) is 56.2 Å². The van der Waals surface area contributed by atoms with Crippen molar-refractivity contribution in [2.75, 3.05) is 9.80 Å². The van der Waals surface area contributed by atoms with Crippen LogP contribution < -0.4 is 35.7 Å². The van der Waals surface area contributed by atoms with Gasteiger partial charge in [0, 0.05) is 77.4 Å². The molecule has 2 aromatic heterocycles. The maximum Gasteiger partial charge on any atom is 0.252 e. The Balaban J connectivity index is 1.02. The molecule has 19 rings (SSSR count). The van der Waals surface area contributed by atoms with Crippen molar-refractivity contribution in [3.8, 4) is 78.9 Å². The lowest BCUT2D eigenvalue weighted by molar-refractivity contribution is 0.486. The molecule has 0 radical (unpaired) electrons. The Labute approximate surface area is 617 Å². The predicted octanol–water partition coefficient (Wildman–Crippen LogP) is 25.3. The number of aromatic nitrogens is 2. The third kappa shape index (κ3) is 9.82. The summed E-state index contributed by atoms with van der Waals surface area (Å²) in [5.41, 5.74) is 30.9. The quantitative estimate of drug-likeness (QED) is 0.162. The molecule has 13 aromatic carbocycles. The van der Waals surface area contributed by atoms with Crippen molar-refractivity contribution in [2.45, 2.75) is 131 Å². The molecule has 0 aliphatic carbocycles. The van der Waals surface area contributed by atoms with Crippen molar-refractivity contribution in [3.63, 3.8) is 0 Å². The van der Waals surface area contributed by atoms with Crippen LogP contribution in [0.25, 0.3) is 99.5 Å². The number of para-hydroxylation sites is 6. The topological polar surface area (TPSA) is 34.8 Å². The third-order valence-electron chi connectivity index (χ3n) is 23.1. The van der Waals surface area contributed by atoms with Gasteiger partial charge in [-0.3, -0.25) is 0 Å². The highest BCUT2D eigenvalue weighted by molar-refractivity contribution is 7.00. The van der Waals surface area contributed by atoms with Crippen LogP contribution in [0.4, 0.5) is 34.1 Å². The van der Waals surface area contributed by atoms with E-state index in [-0.39, 0.29) is 33.8 Å². The molecule has 0 unspecified atom stereocenters. The van der Waals surface area contributed by atoms with Crippen molar-refractivity contribution in [1.82, 2.24) is 9.13 Å². The summed E-state index contributed by atoms with van der Waals surface area (Å²) in [5, 5.41) is 4.93. The van der Waals surface area contributed by atoms with Crippen LogP contribution in [0.15, 0.2) is 255 Å². The first-order valence-electron chi connectivity index (χ1n) is 37.5. The molecule has 514 valence electrons. The van der Waals surface area contributed by atoms with Crippen molar-refractivity contribution < 1.29 is 9.47 Å². The number of nitrogens with zero attached hydrogens (tertiary/aromatic N) is 4. The second-order valence-corrected chi connectivity index (χ2v) is 34.9. The third-order valence-corrected chi connectivity index (χ3v) is 23.1. The van der Waals surface area contributed by atoms with E-state index in [1.165, 1.54) is 65.8 Å². The first kappa shape index (κ1) is 64.6. The van der Waals surface area contributed by atoms with E-state index >= 15 is 0 Å². The van der Waals surface area contributed by atoms with Crippen LogP contribution >= 0.6 is 0 Å². The van der Waals surface area contributed by atoms with E-state index in [0.29, 0.717) is 0 Å². The zero-order chi connectivity index (χ0) is 72.3. The van der Waals surface area contributed by atoms with Gasteiger partial charge in [0.25, 0.3) is 6.71 Å². The lowest BCUT2D eigenvalue weighted by Gasteiger charge is -2.47.